The Balaban J connectivity index is 1.68. The van der Waals surface area contributed by atoms with Crippen LogP contribution in [-0.4, -0.2) is 91.0 Å². The second-order valence-corrected chi connectivity index (χ2v) is 10.7. The van der Waals surface area contributed by atoms with Crippen molar-refractivity contribution in [1.29, 1.82) is 0 Å². The molecule has 9 nitrogen and oxygen atoms in total. The van der Waals surface area contributed by atoms with Crippen molar-refractivity contribution in [3.63, 3.8) is 0 Å². The molecule has 3 aromatic rings. The Morgan fingerprint density at radius 3 is 2.36 bits per heavy atom. The minimum absolute atomic E-state index is 0.128. The van der Waals surface area contributed by atoms with Gasteiger partial charge in [0.1, 0.15) is 6.04 Å². The molecule has 0 spiro atoms. The van der Waals surface area contributed by atoms with Gasteiger partial charge < -0.3 is 24.2 Å². The smallest absolute Gasteiger partial charge is 0.247 e. The highest BCUT2D eigenvalue weighted by atomic mass is 16.5. The number of anilines is 1. The highest BCUT2D eigenvalue weighted by molar-refractivity contribution is 5.96. The number of methoxy groups -OCH3 is 1. The molecule has 2 amide bonds. The normalized spacial score (nSPS) is 14.3. The SMILES string of the molecule is COCCN(C)C(=O)[C@H](Cc1ccccc1)N(Cc1ccc(N2CCOCC2)cc1)C(=O)C=Cc1c(C)nn(C)c1C. The summed E-state index contributed by atoms with van der Waals surface area (Å²) in [5.74, 6) is -0.360. The van der Waals surface area contributed by atoms with Gasteiger partial charge in [-0.2, -0.15) is 5.10 Å². The fraction of sp³-hybridized carbons (Fsp3) is 0.424. The number of carbonyl (C=O) groups is 2. The molecule has 1 aliphatic rings. The lowest BCUT2D eigenvalue weighted by Gasteiger charge is -2.33. The fourth-order valence-corrected chi connectivity index (χ4v) is 5.21. The molecular formula is C33H43N5O4. The Hall–Kier alpha value is -3.95. The zero-order chi connectivity index (χ0) is 30.1. The van der Waals surface area contributed by atoms with Crippen molar-refractivity contribution in [1.82, 2.24) is 19.6 Å². The monoisotopic (exact) mass is 573 g/mol. The summed E-state index contributed by atoms with van der Waals surface area (Å²) in [6.45, 7) is 8.17. The molecular weight excluding hydrogens is 530 g/mol. The molecule has 2 aromatic carbocycles. The first-order valence-corrected chi connectivity index (χ1v) is 14.5. The van der Waals surface area contributed by atoms with E-state index in [0.29, 0.717) is 39.3 Å². The van der Waals surface area contributed by atoms with Gasteiger partial charge in [-0.3, -0.25) is 14.3 Å². The van der Waals surface area contributed by atoms with Gasteiger partial charge >= 0.3 is 0 Å². The number of aryl methyl sites for hydroxylation is 2. The van der Waals surface area contributed by atoms with Gasteiger partial charge in [-0.1, -0.05) is 42.5 Å². The van der Waals surface area contributed by atoms with E-state index in [-0.39, 0.29) is 11.8 Å². The lowest BCUT2D eigenvalue weighted by Crippen LogP contribution is -2.51. The van der Waals surface area contributed by atoms with Crippen LogP contribution in [-0.2, 0) is 39.1 Å². The molecule has 0 N–H and O–H groups in total. The molecule has 9 heteroatoms. The third-order valence-corrected chi connectivity index (χ3v) is 7.85. The van der Waals surface area contributed by atoms with Crippen LogP contribution in [0.15, 0.2) is 60.7 Å². The molecule has 1 aliphatic heterocycles. The zero-order valence-electron chi connectivity index (χ0n) is 25.5. The molecule has 1 saturated heterocycles. The summed E-state index contributed by atoms with van der Waals surface area (Å²) in [4.78, 5) is 33.6. The van der Waals surface area contributed by atoms with Crippen LogP contribution in [0.1, 0.15) is 28.1 Å². The maximum atomic E-state index is 14.0. The number of nitrogens with zero attached hydrogens (tertiary/aromatic N) is 5. The van der Waals surface area contributed by atoms with Crippen LogP contribution in [0.2, 0.25) is 0 Å². The lowest BCUT2D eigenvalue weighted by molar-refractivity contribution is -0.143. The van der Waals surface area contributed by atoms with Gasteiger partial charge in [-0.15, -0.1) is 0 Å². The number of amides is 2. The van der Waals surface area contributed by atoms with Gasteiger partial charge in [0, 0.05) is 76.8 Å². The van der Waals surface area contributed by atoms with Crippen molar-refractivity contribution in [2.45, 2.75) is 32.9 Å². The number of ether oxygens (including phenoxy) is 2. The van der Waals surface area contributed by atoms with E-state index in [1.165, 1.54) is 0 Å². The first-order chi connectivity index (χ1) is 20.3. The van der Waals surface area contributed by atoms with E-state index >= 15 is 0 Å². The molecule has 224 valence electrons. The topological polar surface area (TPSA) is 80.1 Å². The van der Waals surface area contributed by atoms with Gasteiger partial charge in [0.05, 0.1) is 25.5 Å². The first kappa shape index (κ1) is 31.0. The average molecular weight is 574 g/mol. The van der Waals surface area contributed by atoms with Crippen molar-refractivity contribution in [3.8, 4) is 0 Å². The molecule has 0 aliphatic carbocycles. The van der Waals surface area contributed by atoms with Gasteiger partial charge in [-0.05, 0) is 43.2 Å². The maximum Gasteiger partial charge on any atom is 0.247 e. The van der Waals surface area contributed by atoms with Crippen molar-refractivity contribution >= 4 is 23.6 Å². The van der Waals surface area contributed by atoms with Gasteiger partial charge in [0.15, 0.2) is 0 Å². The molecule has 1 aromatic heterocycles. The van der Waals surface area contributed by atoms with E-state index in [1.54, 1.807) is 34.7 Å². The lowest BCUT2D eigenvalue weighted by atomic mass is 10.0. The van der Waals surface area contributed by atoms with E-state index in [9.17, 15) is 9.59 Å². The van der Waals surface area contributed by atoms with Crippen molar-refractivity contribution in [2.75, 3.05) is 58.5 Å². The first-order valence-electron chi connectivity index (χ1n) is 14.5. The predicted octanol–water partition coefficient (Wildman–Crippen LogP) is 3.63. The van der Waals surface area contributed by atoms with Gasteiger partial charge in [-0.25, -0.2) is 0 Å². The van der Waals surface area contributed by atoms with Crippen LogP contribution in [0.3, 0.4) is 0 Å². The molecule has 0 radical (unpaired) electrons. The maximum absolute atomic E-state index is 14.0. The van der Waals surface area contributed by atoms with Crippen molar-refractivity contribution in [2.24, 2.45) is 7.05 Å². The zero-order valence-corrected chi connectivity index (χ0v) is 25.5. The van der Waals surface area contributed by atoms with Gasteiger partial charge in [0.2, 0.25) is 11.8 Å². The number of rotatable bonds is 12. The molecule has 1 atom stereocenters. The van der Waals surface area contributed by atoms with Crippen molar-refractivity contribution in [3.05, 3.63) is 88.8 Å². The summed E-state index contributed by atoms with van der Waals surface area (Å²) in [7, 11) is 5.26. The molecule has 4 rings (SSSR count). The Bertz CT molecular complexity index is 1350. The number of likely N-dealkylation sites (N-methyl/N-ethyl adjacent to an activating group) is 1. The van der Waals surface area contributed by atoms with Crippen molar-refractivity contribution < 1.29 is 19.1 Å². The van der Waals surface area contributed by atoms with E-state index in [2.05, 4.69) is 22.1 Å². The number of morpholine rings is 1. The highest BCUT2D eigenvalue weighted by Crippen LogP contribution is 2.21. The second-order valence-electron chi connectivity index (χ2n) is 10.7. The Labute approximate surface area is 249 Å². The van der Waals surface area contributed by atoms with Crippen LogP contribution in [0.4, 0.5) is 5.69 Å². The van der Waals surface area contributed by atoms with E-state index in [0.717, 1.165) is 46.9 Å². The predicted molar refractivity (Wildman–Crippen MR) is 165 cm³/mol. The Kier molecular flexibility index (Phi) is 10.9. The van der Waals surface area contributed by atoms with E-state index < -0.39 is 6.04 Å². The molecule has 1 fully saturated rings. The average Bonchev–Trinajstić information content (AvgIpc) is 3.26. The largest absolute Gasteiger partial charge is 0.383 e. The quantitative estimate of drug-likeness (QED) is 0.308. The second kappa shape index (κ2) is 14.8. The fourth-order valence-electron chi connectivity index (χ4n) is 5.21. The summed E-state index contributed by atoms with van der Waals surface area (Å²) >= 11 is 0. The summed E-state index contributed by atoms with van der Waals surface area (Å²) in [6.07, 6.45) is 3.78. The van der Waals surface area contributed by atoms with Crippen LogP contribution >= 0.6 is 0 Å². The molecule has 0 bridgehead atoms. The number of hydrogen-bond acceptors (Lipinski definition) is 6. The minimum Gasteiger partial charge on any atom is -0.383 e. The molecule has 0 unspecified atom stereocenters. The van der Waals surface area contributed by atoms with Crippen LogP contribution < -0.4 is 4.90 Å². The third kappa shape index (κ3) is 7.86. The minimum atomic E-state index is -0.707. The molecule has 42 heavy (non-hydrogen) atoms. The van der Waals surface area contributed by atoms with Crippen LogP contribution in [0, 0.1) is 13.8 Å². The number of benzene rings is 2. The van der Waals surface area contributed by atoms with E-state index in [1.807, 2.05) is 69.4 Å². The third-order valence-electron chi connectivity index (χ3n) is 7.85. The summed E-state index contributed by atoms with van der Waals surface area (Å²) in [6, 6.07) is 17.4. The number of hydrogen-bond donors (Lipinski definition) is 0. The molecule has 2 heterocycles. The Morgan fingerprint density at radius 2 is 1.74 bits per heavy atom. The van der Waals surface area contributed by atoms with Gasteiger partial charge in [0.25, 0.3) is 0 Å². The Morgan fingerprint density at radius 1 is 1.05 bits per heavy atom. The number of carbonyl (C=O) groups excluding carboxylic acids is 2. The summed E-state index contributed by atoms with van der Waals surface area (Å²) in [5.41, 5.74) is 5.79. The van der Waals surface area contributed by atoms with E-state index in [4.69, 9.17) is 9.47 Å². The standard InChI is InChI=1S/C33H43N5O4/c1-25-30(26(2)36(4)34-25)15-16-32(39)38(24-28-11-13-29(14-12-28)37-18-21-42-22-19-37)31(23-27-9-7-6-8-10-27)33(40)35(3)17-20-41-5/h6-16,31H,17-24H2,1-5H3/t31-/m0/s1. The van der Waals surface area contributed by atoms with Crippen LogP contribution in [0.25, 0.3) is 6.08 Å². The summed E-state index contributed by atoms with van der Waals surface area (Å²) in [5, 5.41) is 4.47. The number of aromatic nitrogens is 2. The summed E-state index contributed by atoms with van der Waals surface area (Å²) < 4.78 is 12.5. The van der Waals surface area contributed by atoms with Crippen LogP contribution in [0.5, 0.6) is 0 Å². The highest BCUT2D eigenvalue weighted by Gasteiger charge is 2.31. The molecule has 0 saturated carbocycles.